The molecule has 0 atom stereocenters. The van der Waals surface area contributed by atoms with Gasteiger partial charge in [-0.2, -0.15) is 0 Å². The molecule has 0 amide bonds. The number of carbonyl (C=O) groups is 1. The molecule has 1 aromatic carbocycles. The highest BCUT2D eigenvalue weighted by Crippen LogP contribution is 2.60. The summed E-state index contributed by atoms with van der Waals surface area (Å²) in [6, 6.07) is 6.82. The number of thioether (sulfide) groups is 1. The first-order chi connectivity index (χ1) is 13.5. The molecule has 0 N–H and O–H groups in total. The van der Waals surface area contributed by atoms with Crippen LogP contribution in [0, 0.1) is 17.8 Å². The van der Waals surface area contributed by atoms with E-state index in [2.05, 4.69) is 44.3 Å². The van der Waals surface area contributed by atoms with Gasteiger partial charge in [-0.1, -0.05) is 39.8 Å². The SMILES string of the molecule is Cn1cnnc1SCC(=O)Cc1ccc(C23CC4CC(CC(C4)C2)C3)cc1Br. The fraction of sp³-hybridized carbons (Fsp3) is 0.591. The second-order valence-corrected chi connectivity index (χ2v) is 11.0. The van der Waals surface area contributed by atoms with E-state index in [0.29, 0.717) is 17.6 Å². The summed E-state index contributed by atoms with van der Waals surface area (Å²) in [4.78, 5) is 12.5. The number of carbonyl (C=O) groups excluding carboxylic acids is 1. The Morgan fingerprint density at radius 1 is 1.21 bits per heavy atom. The number of halogens is 1. The van der Waals surface area contributed by atoms with Crippen LogP contribution >= 0.6 is 27.7 Å². The van der Waals surface area contributed by atoms with Gasteiger partial charge < -0.3 is 4.57 Å². The molecular formula is C22H26BrN3OS. The molecule has 148 valence electrons. The van der Waals surface area contributed by atoms with Crippen LogP contribution in [-0.4, -0.2) is 26.3 Å². The van der Waals surface area contributed by atoms with Crippen molar-refractivity contribution in [1.29, 1.82) is 0 Å². The van der Waals surface area contributed by atoms with Gasteiger partial charge in [0, 0.05) is 17.9 Å². The molecule has 1 aromatic heterocycles. The highest BCUT2D eigenvalue weighted by molar-refractivity contribution is 9.10. The molecule has 1 heterocycles. The fourth-order valence-electron chi connectivity index (χ4n) is 6.30. The quantitative estimate of drug-likeness (QED) is 0.573. The first-order valence-corrected chi connectivity index (χ1v) is 12.1. The smallest absolute Gasteiger partial charge is 0.191 e. The minimum Gasteiger partial charge on any atom is -0.312 e. The van der Waals surface area contributed by atoms with Crippen LogP contribution in [0.15, 0.2) is 34.2 Å². The van der Waals surface area contributed by atoms with E-state index >= 15 is 0 Å². The van der Waals surface area contributed by atoms with E-state index in [9.17, 15) is 4.79 Å². The zero-order valence-electron chi connectivity index (χ0n) is 16.2. The predicted molar refractivity (Wildman–Crippen MR) is 114 cm³/mol. The van der Waals surface area contributed by atoms with Crippen molar-refractivity contribution in [2.45, 2.75) is 55.5 Å². The summed E-state index contributed by atoms with van der Waals surface area (Å²) < 4.78 is 2.94. The summed E-state index contributed by atoms with van der Waals surface area (Å²) in [5.41, 5.74) is 3.00. The Labute approximate surface area is 179 Å². The lowest BCUT2D eigenvalue weighted by atomic mass is 9.48. The monoisotopic (exact) mass is 459 g/mol. The van der Waals surface area contributed by atoms with Crippen molar-refractivity contribution in [3.8, 4) is 0 Å². The molecule has 0 spiro atoms. The summed E-state index contributed by atoms with van der Waals surface area (Å²) in [7, 11) is 1.90. The Kier molecular flexibility index (Phi) is 4.90. The Bertz CT molecular complexity index is 874. The van der Waals surface area contributed by atoms with Gasteiger partial charge in [-0.3, -0.25) is 4.79 Å². The third-order valence-corrected chi connectivity index (χ3v) is 8.96. The first kappa shape index (κ1) is 18.9. The van der Waals surface area contributed by atoms with Crippen LogP contribution in [0.3, 0.4) is 0 Å². The van der Waals surface area contributed by atoms with Crippen molar-refractivity contribution in [2.24, 2.45) is 24.8 Å². The lowest BCUT2D eigenvalue weighted by Crippen LogP contribution is -2.48. The maximum Gasteiger partial charge on any atom is 0.191 e. The highest BCUT2D eigenvalue weighted by atomic mass is 79.9. The van der Waals surface area contributed by atoms with Gasteiger partial charge >= 0.3 is 0 Å². The average Bonchev–Trinajstić information content (AvgIpc) is 3.05. The minimum atomic E-state index is 0.219. The molecule has 4 nitrogen and oxygen atoms in total. The Morgan fingerprint density at radius 3 is 2.46 bits per heavy atom. The molecule has 2 aromatic rings. The van der Waals surface area contributed by atoms with Crippen molar-refractivity contribution in [1.82, 2.24) is 14.8 Å². The zero-order chi connectivity index (χ0) is 19.3. The van der Waals surface area contributed by atoms with Crippen molar-refractivity contribution in [2.75, 3.05) is 5.75 Å². The van der Waals surface area contributed by atoms with Crippen LogP contribution in [0.1, 0.15) is 49.7 Å². The van der Waals surface area contributed by atoms with Gasteiger partial charge in [0.2, 0.25) is 0 Å². The van der Waals surface area contributed by atoms with E-state index in [-0.39, 0.29) is 5.78 Å². The van der Waals surface area contributed by atoms with Crippen molar-refractivity contribution >= 4 is 33.5 Å². The number of rotatable bonds is 6. The maximum atomic E-state index is 12.5. The summed E-state index contributed by atoms with van der Waals surface area (Å²) in [6.07, 6.45) is 10.6. The molecule has 4 aliphatic carbocycles. The first-order valence-electron chi connectivity index (χ1n) is 10.3. The summed E-state index contributed by atoms with van der Waals surface area (Å²) in [5.74, 6) is 3.49. The average molecular weight is 460 g/mol. The number of benzene rings is 1. The Morgan fingerprint density at radius 2 is 1.89 bits per heavy atom. The molecule has 0 unspecified atom stereocenters. The number of aromatic nitrogens is 3. The van der Waals surface area contributed by atoms with Crippen LogP contribution in [0.4, 0.5) is 0 Å². The van der Waals surface area contributed by atoms with E-state index < -0.39 is 0 Å². The molecule has 0 radical (unpaired) electrons. The van der Waals surface area contributed by atoms with Crippen molar-refractivity contribution in [3.63, 3.8) is 0 Å². The van der Waals surface area contributed by atoms with Gasteiger partial charge in [-0.25, -0.2) is 0 Å². The fourth-order valence-corrected chi connectivity index (χ4v) is 7.56. The van der Waals surface area contributed by atoms with Crippen molar-refractivity contribution in [3.05, 3.63) is 40.1 Å². The molecule has 4 aliphatic rings. The topological polar surface area (TPSA) is 47.8 Å². The summed E-state index contributed by atoms with van der Waals surface area (Å²) in [6.45, 7) is 0. The standard InChI is InChI=1S/C22H26BrN3OS/c1-26-13-24-25-21(26)28-12-19(27)7-17-2-3-18(8-20(17)23)22-9-14-4-15(10-22)6-16(5-14)11-22/h2-3,8,13-16H,4-7,9-12H2,1H3. The van der Waals surface area contributed by atoms with Crippen LogP contribution in [0.2, 0.25) is 0 Å². The molecule has 28 heavy (non-hydrogen) atoms. The van der Waals surface area contributed by atoms with Crippen LogP contribution < -0.4 is 0 Å². The van der Waals surface area contributed by atoms with Gasteiger partial charge in [0.1, 0.15) is 12.1 Å². The van der Waals surface area contributed by atoms with Crippen LogP contribution in [0.5, 0.6) is 0 Å². The van der Waals surface area contributed by atoms with Crippen molar-refractivity contribution < 1.29 is 4.79 Å². The third kappa shape index (κ3) is 3.47. The number of aryl methyl sites for hydroxylation is 1. The second-order valence-electron chi connectivity index (χ2n) is 9.23. The van der Waals surface area contributed by atoms with Gasteiger partial charge in [0.15, 0.2) is 5.16 Å². The van der Waals surface area contributed by atoms with Gasteiger partial charge in [-0.15, -0.1) is 10.2 Å². The largest absolute Gasteiger partial charge is 0.312 e. The number of ketones is 1. The molecule has 4 bridgehead atoms. The van der Waals surface area contributed by atoms with Gasteiger partial charge in [-0.05, 0) is 78.9 Å². The van der Waals surface area contributed by atoms with E-state index in [1.807, 2.05) is 11.6 Å². The molecular weight excluding hydrogens is 434 g/mol. The molecule has 4 fully saturated rings. The lowest BCUT2D eigenvalue weighted by molar-refractivity contribution is -0.116. The highest BCUT2D eigenvalue weighted by Gasteiger charge is 2.51. The summed E-state index contributed by atoms with van der Waals surface area (Å²) >= 11 is 5.22. The van der Waals surface area contributed by atoms with Gasteiger partial charge in [0.05, 0.1) is 5.75 Å². The Balaban J connectivity index is 1.28. The second kappa shape index (κ2) is 7.28. The molecule has 4 saturated carbocycles. The lowest BCUT2D eigenvalue weighted by Gasteiger charge is -2.57. The third-order valence-electron chi connectivity index (χ3n) is 7.12. The molecule has 0 aliphatic heterocycles. The molecule has 0 saturated heterocycles. The zero-order valence-corrected chi connectivity index (χ0v) is 18.6. The predicted octanol–water partition coefficient (Wildman–Crippen LogP) is 4.95. The maximum absolute atomic E-state index is 12.5. The number of hydrogen-bond donors (Lipinski definition) is 0. The van der Waals surface area contributed by atoms with E-state index in [1.54, 1.807) is 6.33 Å². The van der Waals surface area contributed by atoms with E-state index in [4.69, 9.17) is 0 Å². The van der Waals surface area contributed by atoms with Crippen LogP contribution in [-0.2, 0) is 23.7 Å². The number of hydrogen-bond acceptors (Lipinski definition) is 4. The van der Waals surface area contributed by atoms with Crippen LogP contribution in [0.25, 0.3) is 0 Å². The minimum absolute atomic E-state index is 0.219. The van der Waals surface area contributed by atoms with E-state index in [0.717, 1.165) is 32.9 Å². The molecule has 6 heteroatoms. The molecule has 6 rings (SSSR count). The number of nitrogens with zero attached hydrogens (tertiary/aromatic N) is 3. The summed E-state index contributed by atoms with van der Waals surface area (Å²) in [5, 5.41) is 8.67. The number of Topliss-reactive ketones (excluding diaryl/α,β-unsaturated/α-hetero) is 1. The van der Waals surface area contributed by atoms with E-state index in [1.165, 1.54) is 55.9 Å². The Hall–Kier alpha value is -1.14. The normalized spacial score (nSPS) is 30.7. The van der Waals surface area contributed by atoms with Gasteiger partial charge in [0.25, 0.3) is 0 Å².